The quantitative estimate of drug-likeness (QED) is 0.670. The van der Waals surface area contributed by atoms with Gasteiger partial charge in [-0.25, -0.2) is 0 Å². The first-order valence-electron chi connectivity index (χ1n) is 7.91. The Morgan fingerprint density at radius 1 is 1.10 bits per heavy atom. The molecular formula is C18H25ClO. The van der Waals surface area contributed by atoms with Gasteiger partial charge in [0.1, 0.15) is 11.9 Å². The molecule has 1 spiro atoms. The van der Waals surface area contributed by atoms with Crippen molar-refractivity contribution in [3.63, 3.8) is 0 Å². The molecule has 3 rings (SSSR count). The highest BCUT2D eigenvalue weighted by atomic mass is 35.5. The van der Waals surface area contributed by atoms with E-state index in [0.717, 1.165) is 12.2 Å². The molecule has 2 fully saturated rings. The van der Waals surface area contributed by atoms with Gasteiger partial charge in [0.25, 0.3) is 0 Å². The molecule has 1 aromatic rings. The largest absolute Gasteiger partial charge is 0.489 e. The maximum absolute atomic E-state index is 6.57. The molecule has 0 heterocycles. The molecule has 0 saturated heterocycles. The van der Waals surface area contributed by atoms with E-state index in [1.165, 1.54) is 48.8 Å². The van der Waals surface area contributed by atoms with Gasteiger partial charge in [0.2, 0.25) is 0 Å². The predicted octanol–water partition coefficient (Wildman–Crippen LogP) is 5.32. The van der Waals surface area contributed by atoms with Crippen molar-refractivity contribution in [1.29, 1.82) is 0 Å². The predicted molar refractivity (Wildman–Crippen MR) is 84.8 cm³/mol. The molecule has 0 aromatic heterocycles. The fourth-order valence-electron chi connectivity index (χ4n) is 3.99. The van der Waals surface area contributed by atoms with Crippen LogP contribution in [0.1, 0.15) is 55.2 Å². The third-order valence-electron chi connectivity index (χ3n) is 5.50. The van der Waals surface area contributed by atoms with Gasteiger partial charge in [-0.05, 0) is 56.4 Å². The molecule has 0 bridgehead atoms. The summed E-state index contributed by atoms with van der Waals surface area (Å²) in [7, 11) is 0. The van der Waals surface area contributed by atoms with Crippen molar-refractivity contribution >= 4 is 11.6 Å². The molecule has 0 aliphatic heterocycles. The van der Waals surface area contributed by atoms with E-state index in [9.17, 15) is 0 Å². The van der Waals surface area contributed by atoms with Gasteiger partial charge in [0.05, 0.1) is 0 Å². The van der Waals surface area contributed by atoms with Crippen LogP contribution in [0, 0.1) is 26.2 Å². The fourth-order valence-corrected chi connectivity index (χ4v) is 4.51. The average Bonchev–Trinajstić information content (AvgIpc) is 2.44. The Kier molecular flexibility index (Phi) is 3.75. The molecule has 2 aliphatic carbocycles. The minimum Gasteiger partial charge on any atom is -0.489 e. The van der Waals surface area contributed by atoms with Crippen LogP contribution in [0.5, 0.6) is 5.75 Å². The lowest BCUT2D eigenvalue weighted by atomic mass is 9.58. The SMILES string of the molecule is Cc1cc(C)c(C)c(OC2CC(Cl)C23CCCCC3)c1. The van der Waals surface area contributed by atoms with Gasteiger partial charge < -0.3 is 4.74 Å². The van der Waals surface area contributed by atoms with E-state index in [2.05, 4.69) is 32.9 Å². The van der Waals surface area contributed by atoms with Gasteiger partial charge in [-0.1, -0.05) is 25.3 Å². The molecule has 1 aromatic carbocycles. The first kappa shape index (κ1) is 14.3. The summed E-state index contributed by atoms with van der Waals surface area (Å²) in [6, 6.07) is 4.41. The first-order valence-corrected chi connectivity index (χ1v) is 8.35. The molecule has 1 nitrogen and oxygen atoms in total. The number of rotatable bonds is 2. The summed E-state index contributed by atoms with van der Waals surface area (Å²) < 4.78 is 6.42. The third kappa shape index (κ3) is 2.24. The maximum Gasteiger partial charge on any atom is 0.123 e. The van der Waals surface area contributed by atoms with Gasteiger partial charge in [-0.15, -0.1) is 11.6 Å². The number of hydrogen-bond acceptors (Lipinski definition) is 1. The molecule has 2 aliphatic rings. The number of alkyl halides is 1. The Balaban J connectivity index is 1.81. The second-order valence-electron chi connectivity index (χ2n) is 6.81. The zero-order valence-electron chi connectivity index (χ0n) is 12.8. The summed E-state index contributed by atoms with van der Waals surface area (Å²) >= 11 is 6.57. The standard InChI is InChI=1S/C18H25ClO/c1-12-9-13(2)14(3)15(10-12)20-17-11-16(19)18(17)7-5-4-6-8-18/h9-10,16-17H,4-8,11H2,1-3H3. The van der Waals surface area contributed by atoms with Crippen LogP contribution in [0.25, 0.3) is 0 Å². The highest BCUT2D eigenvalue weighted by molar-refractivity contribution is 6.21. The van der Waals surface area contributed by atoms with Crippen LogP contribution < -0.4 is 4.74 Å². The van der Waals surface area contributed by atoms with Gasteiger partial charge in [-0.3, -0.25) is 0 Å². The number of halogens is 1. The van der Waals surface area contributed by atoms with E-state index >= 15 is 0 Å². The molecule has 2 heteroatoms. The average molecular weight is 293 g/mol. The molecule has 2 saturated carbocycles. The minimum atomic E-state index is 0.254. The van der Waals surface area contributed by atoms with Crippen molar-refractivity contribution in [2.45, 2.75) is 70.8 Å². The van der Waals surface area contributed by atoms with Crippen LogP contribution in [0.3, 0.4) is 0 Å². The zero-order valence-corrected chi connectivity index (χ0v) is 13.6. The van der Waals surface area contributed by atoms with Crippen molar-refractivity contribution in [2.75, 3.05) is 0 Å². The summed E-state index contributed by atoms with van der Waals surface area (Å²) in [4.78, 5) is 0. The second kappa shape index (κ2) is 5.26. The van der Waals surface area contributed by atoms with Gasteiger partial charge in [0, 0.05) is 17.2 Å². The number of benzene rings is 1. The summed E-state index contributed by atoms with van der Waals surface area (Å²) in [6.07, 6.45) is 7.81. The molecule has 0 radical (unpaired) electrons. The maximum atomic E-state index is 6.57. The lowest BCUT2D eigenvalue weighted by Gasteiger charge is -2.55. The summed E-state index contributed by atoms with van der Waals surface area (Å²) in [5.41, 5.74) is 4.13. The van der Waals surface area contributed by atoms with Crippen molar-refractivity contribution in [1.82, 2.24) is 0 Å². The van der Waals surface area contributed by atoms with E-state index in [-0.39, 0.29) is 5.41 Å². The number of hydrogen-bond donors (Lipinski definition) is 0. The van der Waals surface area contributed by atoms with E-state index in [0.29, 0.717) is 11.5 Å². The minimum absolute atomic E-state index is 0.254. The summed E-state index contributed by atoms with van der Waals surface area (Å²) in [5, 5.41) is 0.319. The highest BCUT2D eigenvalue weighted by Crippen LogP contribution is 2.55. The Labute approximate surface area is 127 Å². The van der Waals surface area contributed by atoms with Crippen molar-refractivity contribution in [3.05, 3.63) is 28.8 Å². The molecular weight excluding hydrogens is 268 g/mol. The molecule has 2 unspecified atom stereocenters. The van der Waals surface area contributed by atoms with Crippen LogP contribution >= 0.6 is 11.6 Å². The van der Waals surface area contributed by atoms with Crippen LogP contribution in [0.4, 0.5) is 0 Å². The van der Waals surface area contributed by atoms with Crippen LogP contribution in [0.15, 0.2) is 12.1 Å². The molecule has 0 amide bonds. The van der Waals surface area contributed by atoms with Crippen LogP contribution in [-0.4, -0.2) is 11.5 Å². The smallest absolute Gasteiger partial charge is 0.123 e. The van der Waals surface area contributed by atoms with Crippen molar-refractivity contribution < 1.29 is 4.74 Å². The molecule has 0 N–H and O–H groups in total. The topological polar surface area (TPSA) is 9.23 Å². The lowest BCUT2D eigenvalue weighted by molar-refractivity contribution is -0.0653. The van der Waals surface area contributed by atoms with Crippen LogP contribution in [-0.2, 0) is 0 Å². The van der Waals surface area contributed by atoms with Gasteiger partial charge in [0.15, 0.2) is 0 Å². The first-order chi connectivity index (χ1) is 9.53. The van der Waals surface area contributed by atoms with E-state index in [1.807, 2.05) is 0 Å². The normalized spacial score (nSPS) is 28.2. The van der Waals surface area contributed by atoms with E-state index in [4.69, 9.17) is 16.3 Å². The van der Waals surface area contributed by atoms with E-state index in [1.54, 1.807) is 0 Å². The van der Waals surface area contributed by atoms with E-state index < -0.39 is 0 Å². The molecule has 20 heavy (non-hydrogen) atoms. The van der Waals surface area contributed by atoms with Gasteiger partial charge in [-0.2, -0.15) is 0 Å². The monoisotopic (exact) mass is 292 g/mol. The highest BCUT2D eigenvalue weighted by Gasteiger charge is 2.55. The van der Waals surface area contributed by atoms with Crippen LogP contribution in [0.2, 0.25) is 0 Å². The Morgan fingerprint density at radius 3 is 2.45 bits per heavy atom. The van der Waals surface area contributed by atoms with Gasteiger partial charge >= 0.3 is 0 Å². The fraction of sp³-hybridized carbons (Fsp3) is 0.667. The lowest BCUT2D eigenvalue weighted by Crippen LogP contribution is -2.58. The third-order valence-corrected chi connectivity index (χ3v) is 6.12. The summed E-state index contributed by atoms with van der Waals surface area (Å²) in [5.74, 6) is 1.07. The van der Waals surface area contributed by atoms with Crippen molar-refractivity contribution in [3.8, 4) is 5.75 Å². The molecule has 2 atom stereocenters. The Hall–Kier alpha value is -0.690. The summed E-state index contributed by atoms with van der Waals surface area (Å²) in [6.45, 7) is 6.46. The van der Waals surface area contributed by atoms with Crippen molar-refractivity contribution in [2.24, 2.45) is 5.41 Å². The number of aryl methyl sites for hydroxylation is 2. The zero-order chi connectivity index (χ0) is 14.3. The molecule has 110 valence electrons. The Bertz CT molecular complexity index is 502. The Morgan fingerprint density at radius 2 is 1.80 bits per heavy atom. The number of ether oxygens (including phenoxy) is 1. The second-order valence-corrected chi connectivity index (χ2v) is 7.34.